The molecule has 0 radical (unpaired) electrons. The molecule has 0 N–H and O–H groups in total. The number of aryl methyl sites for hydroxylation is 2. The summed E-state index contributed by atoms with van der Waals surface area (Å²) in [4.78, 5) is 0. The summed E-state index contributed by atoms with van der Waals surface area (Å²) in [5.74, 6) is 0. The van der Waals surface area contributed by atoms with E-state index in [0.29, 0.717) is 0 Å². The van der Waals surface area contributed by atoms with Crippen molar-refractivity contribution in [3.8, 4) is 0 Å². The lowest BCUT2D eigenvalue weighted by molar-refractivity contribution is -0.697. The van der Waals surface area contributed by atoms with E-state index in [4.69, 9.17) is 13.0 Å². The van der Waals surface area contributed by atoms with Crippen molar-refractivity contribution in [1.82, 2.24) is 0 Å². The average Bonchev–Trinajstić information content (AvgIpc) is 2.62. The van der Waals surface area contributed by atoms with Crippen LogP contribution in [0.15, 0.2) is 24.5 Å². The standard InChI is InChI=1S/C19H34N.CHF3O3S/c1-3-5-6-7-8-9-10-11-12-13-16-20-17-14-19(4-2)15-18-20;2-1(3,4)8(5,6)7/h14-15,17-18H,3-13,16H2,1-2H3;(H,5,6,7)/q+1;/p-1. The SMILES string of the molecule is CCCCCCCCCCCC[n+]1ccc(CC)cc1.O=S(=O)([O-])C(F)(F)F. The van der Waals surface area contributed by atoms with Gasteiger partial charge in [0.1, 0.15) is 6.54 Å². The van der Waals surface area contributed by atoms with Gasteiger partial charge < -0.3 is 4.55 Å². The molecule has 0 aliphatic carbocycles. The Balaban J connectivity index is 0.000000769. The lowest BCUT2D eigenvalue weighted by Crippen LogP contribution is -2.32. The molecule has 0 fully saturated rings. The monoisotopic (exact) mass is 425 g/mol. The van der Waals surface area contributed by atoms with Crippen molar-refractivity contribution >= 4 is 10.1 Å². The maximum absolute atomic E-state index is 10.7. The number of hydrogen-bond donors (Lipinski definition) is 0. The quantitative estimate of drug-likeness (QED) is 0.192. The highest BCUT2D eigenvalue weighted by Gasteiger charge is 2.36. The molecule has 0 amide bonds. The maximum Gasteiger partial charge on any atom is 0.485 e. The van der Waals surface area contributed by atoms with Crippen molar-refractivity contribution in [2.24, 2.45) is 0 Å². The maximum atomic E-state index is 10.7. The molecule has 4 nitrogen and oxygen atoms in total. The summed E-state index contributed by atoms with van der Waals surface area (Å²) in [6.07, 6.45) is 19.7. The summed E-state index contributed by atoms with van der Waals surface area (Å²) in [5, 5.41) is 0. The fourth-order valence-corrected chi connectivity index (χ4v) is 2.65. The van der Waals surface area contributed by atoms with Crippen molar-refractivity contribution in [3.05, 3.63) is 30.1 Å². The molecule has 0 aromatic carbocycles. The van der Waals surface area contributed by atoms with Gasteiger partial charge in [-0.15, -0.1) is 0 Å². The van der Waals surface area contributed by atoms with Gasteiger partial charge in [-0.3, -0.25) is 0 Å². The first kappa shape index (κ1) is 26.9. The van der Waals surface area contributed by atoms with E-state index in [-0.39, 0.29) is 0 Å². The fourth-order valence-electron chi connectivity index (χ4n) is 2.65. The Bertz CT molecular complexity index is 602. The van der Waals surface area contributed by atoms with Crippen LogP contribution in [-0.2, 0) is 23.1 Å². The third kappa shape index (κ3) is 13.9. The van der Waals surface area contributed by atoms with Crippen molar-refractivity contribution in [3.63, 3.8) is 0 Å². The predicted molar refractivity (Wildman–Crippen MR) is 104 cm³/mol. The van der Waals surface area contributed by atoms with E-state index in [9.17, 15) is 13.2 Å². The van der Waals surface area contributed by atoms with Crippen LogP contribution < -0.4 is 4.57 Å². The van der Waals surface area contributed by atoms with Crippen molar-refractivity contribution in [2.75, 3.05) is 0 Å². The fraction of sp³-hybridized carbons (Fsp3) is 0.750. The zero-order chi connectivity index (χ0) is 21.5. The van der Waals surface area contributed by atoms with Gasteiger partial charge in [-0.1, -0.05) is 65.2 Å². The second-order valence-electron chi connectivity index (χ2n) is 6.88. The van der Waals surface area contributed by atoms with Crippen LogP contribution in [0.3, 0.4) is 0 Å². The van der Waals surface area contributed by atoms with Gasteiger partial charge in [0.15, 0.2) is 22.5 Å². The molecule has 8 heteroatoms. The minimum Gasteiger partial charge on any atom is -0.741 e. The van der Waals surface area contributed by atoms with Gasteiger partial charge in [0.05, 0.1) is 0 Å². The van der Waals surface area contributed by atoms with Gasteiger partial charge in [-0.05, 0) is 18.4 Å². The van der Waals surface area contributed by atoms with Gasteiger partial charge in [-0.25, -0.2) is 13.0 Å². The van der Waals surface area contributed by atoms with E-state index in [1.54, 1.807) is 0 Å². The summed E-state index contributed by atoms with van der Waals surface area (Å²) in [6, 6.07) is 4.49. The van der Waals surface area contributed by atoms with E-state index in [2.05, 4.69) is 42.9 Å². The first-order valence-corrected chi connectivity index (χ1v) is 11.5. The Labute approximate surface area is 167 Å². The molecule has 0 atom stereocenters. The number of nitrogens with zero attached hydrogens (tertiary/aromatic N) is 1. The molecule has 1 aromatic rings. The van der Waals surface area contributed by atoms with Gasteiger partial charge >= 0.3 is 5.51 Å². The molecule has 0 aliphatic rings. The zero-order valence-electron chi connectivity index (χ0n) is 17.0. The molecule has 0 unspecified atom stereocenters. The predicted octanol–water partition coefficient (Wildman–Crippen LogP) is 5.51. The number of alkyl halides is 3. The molecule has 1 rings (SSSR count). The number of halogens is 3. The van der Waals surface area contributed by atoms with Gasteiger partial charge in [0.2, 0.25) is 0 Å². The summed E-state index contributed by atoms with van der Waals surface area (Å²) >= 11 is 0. The van der Waals surface area contributed by atoms with Crippen LogP contribution in [0.5, 0.6) is 0 Å². The first-order chi connectivity index (χ1) is 13.1. The molecule has 1 heterocycles. The van der Waals surface area contributed by atoms with Gasteiger partial charge in [-0.2, -0.15) is 13.2 Å². The second kappa shape index (κ2) is 14.8. The lowest BCUT2D eigenvalue weighted by atomic mass is 10.1. The number of pyridine rings is 1. The average molecular weight is 426 g/mol. The summed E-state index contributed by atoms with van der Waals surface area (Å²) in [6.45, 7) is 5.68. The van der Waals surface area contributed by atoms with E-state index in [1.807, 2.05) is 0 Å². The molecule has 0 aliphatic heterocycles. The smallest absolute Gasteiger partial charge is 0.485 e. The summed E-state index contributed by atoms with van der Waals surface area (Å²) in [7, 11) is -6.09. The highest BCUT2D eigenvalue weighted by Crippen LogP contribution is 2.20. The van der Waals surface area contributed by atoms with Gasteiger partial charge in [0.25, 0.3) is 0 Å². The molecule has 0 spiro atoms. The van der Waals surface area contributed by atoms with Crippen molar-refractivity contribution < 1.29 is 30.7 Å². The summed E-state index contributed by atoms with van der Waals surface area (Å²) < 4.78 is 61.2. The second-order valence-corrected chi connectivity index (χ2v) is 8.25. The van der Waals surface area contributed by atoms with Crippen LogP contribution in [-0.4, -0.2) is 18.5 Å². The number of hydrogen-bond acceptors (Lipinski definition) is 3. The topological polar surface area (TPSA) is 61.1 Å². The van der Waals surface area contributed by atoms with Crippen molar-refractivity contribution in [2.45, 2.75) is 96.5 Å². The first-order valence-electron chi connectivity index (χ1n) is 10.1. The molecular weight excluding hydrogens is 391 g/mol. The zero-order valence-corrected chi connectivity index (χ0v) is 17.8. The Morgan fingerprint density at radius 3 is 1.61 bits per heavy atom. The highest BCUT2D eigenvalue weighted by molar-refractivity contribution is 7.86. The van der Waals surface area contributed by atoms with Crippen LogP contribution in [0.2, 0.25) is 0 Å². The Hall–Kier alpha value is -1.15. The normalized spacial score (nSPS) is 11.8. The van der Waals surface area contributed by atoms with Gasteiger partial charge in [0, 0.05) is 18.6 Å². The highest BCUT2D eigenvalue weighted by atomic mass is 32.2. The molecule has 0 bridgehead atoms. The lowest BCUT2D eigenvalue weighted by Gasteiger charge is -2.08. The molecule has 1 aromatic heterocycles. The Kier molecular flexibility index (Phi) is 14.2. The van der Waals surface area contributed by atoms with Crippen molar-refractivity contribution in [1.29, 1.82) is 0 Å². The van der Waals surface area contributed by atoms with Crippen LogP contribution in [0.25, 0.3) is 0 Å². The number of rotatable bonds is 12. The largest absolute Gasteiger partial charge is 0.741 e. The van der Waals surface area contributed by atoms with E-state index in [0.717, 1.165) is 6.42 Å². The minimum atomic E-state index is -6.09. The molecule has 164 valence electrons. The Morgan fingerprint density at radius 1 is 0.857 bits per heavy atom. The Morgan fingerprint density at radius 2 is 1.25 bits per heavy atom. The molecule has 0 saturated heterocycles. The van der Waals surface area contributed by atoms with Crippen LogP contribution in [0.4, 0.5) is 13.2 Å². The third-order valence-electron chi connectivity index (χ3n) is 4.42. The van der Waals surface area contributed by atoms with Crippen LogP contribution in [0, 0.1) is 0 Å². The van der Waals surface area contributed by atoms with E-state index < -0.39 is 15.6 Å². The third-order valence-corrected chi connectivity index (χ3v) is 4.99. The van der Waals surface area contributed by atoms with Crippen LogP contribution in [0.1, 0.15) is 83.6 Å². The number of aromatic nitrogens is 1. The van der Waals surface area contributed by atoms with E-state index >= 15 is 0 Å². The molecule has 0 saturated carbocycles. The summed E-state index contributed by atoms with van der Waals surface area (Å²) in [5.41, 5.74) is -4.21. The van der Waals surface area contributed by atoms with E-state index in [1.165, 1.54) is 76.3 Å². The van der Waals surface area contributed by atoms with Crippen LogP contribution >= 0.6 is 0 Å². The minimum absolute atomic E-state index is 1.14. The molecular formula is C20H34F3NO3S. The number of unbranched alkanes of at least 4 members (excludes halogenated alkanes) is 9. The molecule has 28 heavy (non-hydrogen) atoms.